The average Bonchev–Trinajstić information content (AvgIpc) is 2.87. The molecule has 2 nitrogen and oxygen atoms in total. The molecule has 0 aromatic heterocycles. The zero-order valence-corrected chi connectivity index (χ0v) is 21.4. The van der Waals surface area contributed by atoms with Gasteiger partial charge in [-0.1, -0.05) is 103 Å². The second-order valence-electron chi connectivity index (χ2n) is 10.8. The van der Waals surface area contributed by atoms with Crippen LogP contribution < -0.4 is 0 Å². The van der Waals surface area contributed by atoms with Crippen molar-refractivity contribution < 1.29 is 10.2 Å². The zero-order valence-electron chi connectivity index (χ0n) is 21.4. The molecule has 8 rings (SSSR count). The normalized spacial score (nSPS) is 13.3. The van der Waals surface area contributed by atoms with Gasteiger partial charge in [0, 0.05) is 22.8 Å². The summed E-state index contributed by atoms with van der Waals surface area (Å²) in [4.78, 5) is 0. The predicted molar refractivity (Wildman–Crippen MR) is 162 cm³/mol. The van der Waals surface area contributed by atoms with E-state index in [1.54, 1.807) is 6.07 Å². The van der Waals surface area contributed by atoms with E-state index in [-0.39, 0.29) is 11.5 Å². The Balaban J connectivity index is 1.39. The minimum absolute atomic E-state index is 0.212. The molecule has 3 aliphatic rings. The highest BCUT2D eigenvalue weighted by atomic mass is 16.3. The third kappa shape index (κ3) is 3.35. The van der Waals surface area contributed by atoms with Crippen LogP contribution in [-0.4, -0.2) is 10.2 Å². The molecule has 0 fully saturated rings. The number of rotatable bonds is 6. The summed E-state index contributed by atoms with van der Waals surface area (Å²) >= 11 is 0. The van der Waals surface area contributed by atoms with Gasteiger partial charge in [0.15, 0.2) is 0 Å². The highest BCUT2D eigenvalue weighted by Gasteiger charge is 2.25. The number of hydrogen-bond acceptors (Lipinski definition) is 2. The van der Waals surface area contributed by atoms with Crippen LogP contribution in [0.4, 0.5) is 0 Å². The van der Waals surface area contributed by atoms with Gasteiger partial charge in [-0.25, -0.2) is 0 Å². The topological polar surface area (TPSA) is 40.5 Å². The van der Waals surface area contributed by atoms with Crippen LogP contribution in [0.1, 0.15) is 66.8 Å². The number of aromatic hydroxyl groups is 2. The molecule has 0 heterocycles. The molecule has 5 aromatic carbocycles. The molecule has 5 aromatic rings. The summed E-state index contributed by atoms with van der Waals surface area (Å²) in [6.45, 7) is 0. The van der Waals surface area contributed by atoms with E-state index in [1.165, 1.54) is 50.1 Å². The standard InChI is InChI=1S/C37H26O2/c38-35-12-4-11-31-36(35)33(20-26-9-2-6-23-14-17-29(23)26)32(19-25-8-1-5-22-13-16-28(22)25)34(37(31)39)21-27-10-3-7-24-15-18-30(24)27/h1-18,38-39H,19-21H2. The lowest BCUT2D eigenvalue weighted by Gasteiger charge is -2.25. The Bertz CT molecular complexity index is 1950. The monoisotopic (exact) mass is 502 g/mol. The van der Waals surface area contributed by atoms with Gasteiger partial charge in [0.25, 0.3) is 0 Å². The molecule has 0 radical (unpaired) electrons. The van der Waals surface area contributed by atoms with E-state index in [0.29, 0.717) is 24.6 Å². The maximum Gasteiger partial charge on any atom is 0.127 e. The minimum Gasteiger partial charge on any atom is -0.507 e. The van der Waals surface area contributed by atoms with Gasteiger partial charge in [-0.05, 0) is 80.1 Å². The lowest BCUT2D eigenvalue weighted by molar-refractivity contribution is 0.470. The molecular weight excluding hydrogens is 476 g/mol. The maximum absolute atomic E-state index is 11.9. The van der Waals surface area contributed by atoms with Crippen molar-refractivity contribution in [2.24, 2.45) is 0 Å². The summed E-state index contributed by atoms with van der Waals surface area (Å²) in [5.41, 5.74) is 14.4. The van der Waals surface area contributed by atoms with Gasteiger partial charge >= 0.3 is 0 Å². The molecule has 186 valence electrons. The van der Waals surface area contributed by atoms with Crippen molar-refractivity contribution in [3.8, 4) is 11.5 Å². The van der Waals surface area contributed by atoms with E-state index >= 15 is 0 Å². The van der Waals surface area contributed by atoms with Gasteiger partial charge < -0.3 is 10.2 Å². The molecule has 0 amide bonds. The molecule has 0 aliphatic heterocycles. The van der Waals surface area contributed by atoms with Crippen molar-refractivity contribution in [2.75, 3.05) is 0 Å². The molecule has 3 aliphatic carbocycles. The SMILES string of the molecule is Oc1c(Cc2cccc3c2C=C3)c(Cc2cccc3c2C=C3)c(Cc2cccc3c2C=C3)c2c(O)cccc12. The van der Waals surface area contributed by atoms with Crippen LogP contribution in [0, 0.1) is 0 Å². The van der Waals surface area contributed by atoms with Crippen LogP contribution in [0.3, 0.4) is 0 Å². The summed E-state index contributed by atoms with van der Waals surface area (Å²) in [6, 6.07) is 24.8. The minimum atomic E-state index is 0.212. The molecule has 0 saturated heterocycles. The number of fused-ring (bicyclic) bond motifs is 4. The second kappa shape index (κ2) is 8.34. The largest absolute Gasteiger partial charge is 0.507 e. The molecule has 0 bridgehead atoms. The molecule has 0 spiro atoms. The Hall–Kier alpha value is -4.82. The van der Waals surface area contributed by atoms with Crippen LogP contribution in [0.5, 0.6) is 11.5 Å². The maximum atomic E-state index is 11.9. The predicted octanol–water partition coefficient (Wildman–Crippen LogP) is 8.47. The fourth-order valence-corrected chi connectivity index (χ4v) is 6.50. The van der Waals surface area contributed by atoms with Crippen molar-refractivity contribution in [1.82, 2.24) is 0 Å². The lowest BCUT2D eigenvalue weighted by atomic mass is 9.80. The highest BCUT2D eigenvalue weighted by molar-refractivity contribution is 5.99. The molecular formula is C37H26O2. The van der Waals surface area contributed by atoms with Gasteiger partial charge in [-0.15, -0.1) is 0 Å². The van der Waals surface area contributed by atoms with E-state index in [2.05, 4.69) is 91.1 Å². The quantitative estimate of drug-likeness (QED) is 0.239. The van der Waals surface area contributed by atoms with Gasteiger partial charge in [-0.3, -0.25) is 0 Å². The Morgan fingerprint density at radius 2 is 0.897 bits per heavy atom. The highest BCUT2D eigenvalue weighted by Crippen LogP contribution is 2.44. The zero-order chi connectivity index (χ0) is 26.1. The third-order valence-electron chi connectivity index (χ3n) is 8.69. The van der Waals surface area contributed by atoms with Crippen LogP contribution in [0.15, 0.2) is 72.8 Å². The number of hydrogen-bond donors (Lipinski definition) is 2. The van der Waals surface area contributed by atoms with Gasteiger partial charge in [0.2, 0.25) is 0 Å². The van der Waals surface area contributed by atoms with Crippen molar-refractivity contribution >= 4 is 47.2 Å². The number of phenolic OH excluding ortho intramolecular Hbond substituents is 2. The van der Waals surface area contributed by atoms with Crippen molar-refractivity contribution in [2.45, 2.75) is 19.3 Å². The van der Waals surface area contributed by atoms with Crippen molar-refractivity contribution in [1.29, 1.82) is 0 Å². The van der Waals surface area contributed by atoms with E-state index in [1.807, 2.05) is 12.1 Å². The second-order valence-corrected chi connectivity index (χ2v) is 10.8. The van der Waals surface area contributed by atoms with Gasteiger partial charge in [-0.2, -0.15) is 0 Å². The number of benzene rings is 5. The number of phenols is 2. The first-order chi connectivity index (χ1) is 19.2. The van der Waals surface area contributed by atoms with Crippen molar-refractivity contribution in [3.63, 3.8) is 0 Å². The summed E-state index contributed by atoms with van der Waals surface area (Å²) in [7, 11) is 0. The van der Waals surface area contributed by atoms with E-state index in [4.69, 9.17) is 0 Å². The first kappa shape index (κ1) is 22.2. The third-order valence-corrected chi connectivity index (χ3v) is 8.69. The molecule has 0 unspecified atom stereocenters. The first-order valence-electron chi connectivity index (χ1n) is 13.5. The molecule has 0 saturated carbocycles. The summed E-state index contributed by atoms with van der Waals surface area (Å²) in [5, 5.41) is 24.5. The van der Waals surface area contributed by atoms with Crippen molar-refractivity contribution in [3.05, 3.63) is 140 Å². The van der Waals surface area contributed by atoms with Crippen LogP contribution in [-0.2, 0) is 19.3 Å². The fraction of sp³-hybridized carbons (Fsp3) is 0.0811. The molecule has 2 N–H and O–H groups in total. The van der Waals surface area contributed by atoms with Crippen LogP contribution >= 0.6 is 0 Å². The lowest BCUT2D eigenvalue weighted by Crippen LogP contribution is -2.09. The Morgan fingerprint density at radius 1 is 0.436 bits per heavy atom. The van der Waals surface area contributed by atoms with Crippen LogP contribution in [0.2, 0.25) is 0 Å². The summed E-state index contributed by atoms with van der Waals surface area (Å²) in [5.74, 6) is 0.482. The first-order valence-corrected chi connectivity index (χ1v) is 13.5. The van der Waals surface area contributed by atoms with E-state index < -0.39 is 0 Å². The van der Waals surface area contributed by atoms with Crippen LogP contribution in [0.25, 0.3) is 47.2 Å². The molecule has 2 heteroatoms. The summed E-state index contributed by atoms with van der Waals surface area (Å²) < 4.78 is 0. The molecule has 0 atom stereocenters. The Kier molecular flexibility index (Phi) is 4.75. The smallest absolute Gasteiger partial charge is 0.127 e. The van der Waals surface area contributed by atoms with Gasteiger partial charge in [0.1, 0.15) is 11.5 Å². The fourth-order valence-electron chi connectivity index (χ4n) is 6.50. The average molecular weight is 503 g/mol. The summed E-state index contributed by atoms with van der Waals surface area (Å²) in [6.07, 6.45) is 15.0. The van der Waals surface area contributed by atoms with E-state index in [0.717, 1.165) is 22.1 Å². The molecule has 39 heavy (non-hydrogen) atoms. The van der Waals surface area contributed by atoms with E-state index in [9.17, 15) is 10.2 Å². The Labute approximate surface area is 227 Å². The Morgan fingerprint density at radius 3 is 1.38 bits per heavy atom. The van der Waals surface area contributed by atoms with Gasteiger partial charge in [0.05, 0.1) is 0 Å².